The van der Waals surface area contributed by atoms with Crippen LogP contribution in [0.4, 0.5) is 0 Å². The summed E-state index contributed by atoms with van der Waals surface area (Å²) in [5.74, 6) is 0. The molecule has 0 radical (unpaired) electrons. The van der Waals surface area contributed by atoms with Crippen molar-refractivity contribution < 1.29 is 4.74 Å². The number of aromatic nitrogens is 2. The zero-order valence-corrected chi connectivity index (χ0v) is 11.8. The molecule has 1 fully saturated rings. The zero-order chi connectivity index (χ0) is 13.3. The Morgan fingerprint density at radius 2 is 2.47 bits per heavy atom. The van der Waals surface area contributed by atoms with Gasteiger partial charge in [-0.15, -0.1) is 0 Å². The molecule has 0 aliphatic carbocycles. The summed E-state index contributed by atoms with van der Waals surface area (Å²) in [6, 6.07) is 2.36. The van der Waals surface area contributed by atoms with Crippen molar-refractivity contribution in [2.75, 3.05) is 13.2 Å². The first-order valence-corrected chi connectivity index (χ1v) is 7.51. The predicted molar refractivity (Wildman–Crippen MR) is 75.9 cm³/mol. The van der Waals surface area contributed by atoms with Gasteiger partial charge in [-0.25, -0.2) is 9.97 Å². The highest BCUT2D eigenvalue weighted by atomic mass is 16.5. The summed E-state index contributed by atoms with van der Waals surface area (Å²) in [5, 5.41) is 3.58. The third-order valence-electron chi connectivity index (χ3n) is 3.65. The Bertz CT molecular complexity index is 339. The van der Waals surface area contributed by atoms with E-state index in [1.54, 1.807) is 6.33 Å². The molecule has 4 heteroatoms. The quantitative estimate of drug-likeness (QED) is 0.783. The second-order valence-electron chi connectivity index (χ2n) is 5.21. The summed E-state index contributed by atoms with van der Waals surface area (Å²) in [5.41, 5.74) is 1.11. The number of nitrogens with one attached hydrogen (secondary N) is 1. The lowest BCUT2D eigenvalue weighted by Gasteiger charge is -2.18. The van der Waals surface area contributed by atoms with Crippen molar-refractivity contribution in [3.05, 3.63) is 24.3 Å². The average molecular weight is 263 g/mol. The van der Waals surface area contributed by atoms with E-state index in [0.29, 0.717) is 12.1 Å². The van der Waals surface area contributed by atoms with Crippen molar-refractivity contribution >= 4 is 0 Å². The van der Waals surface area contributed by atoms with Crippen LogP contribution in [0.25, 0.3) is 0 Å². The SMILES string of the molecule is CCCNC(CCCC1CCCO1)c1ccncn1. The molecule has 0 amide bonds. The van der Waals surface area contributed by atoms with E-state index in [1.807, 2.05) is 12.3 Å². The molecule has 106 valence electrons. The van der Waals surface area contributed by atoms with Gasteiger partial charge in [-0.2, -0.15) is 0 Å². The van der Waals surface area contributed by atoms with E-state index >= 15 is 0 Å². The summed E-state index contributed by atoms with van der Waals surface area (Å²) in [7, 11) is 0. The van der Waals surface area contributed by atoms with Gasteiger partial charge in [-0.3, -0.25) is 0 Å². The molecule has 2 rings (SSSR count). The summed E-state index contributed by atoms with van der Waals surface area (Å²) < 4.78 is 5.68. The number of rotatable bonds is 8. The second-order valence-corrected chi connectivity index (χ2v) is 5.21. The van der Waals surface area contributed by atoms with Crippen molar-refractivity contribution in [1.82, 2.24) is 15.3 Å². The van der Waals surface area contributed by atoms with Crippen LogP contribution in [0.5, 0.6) is 0 Å². The fourth-order valence-electron chi connectivity index (χ4n) is 2.60. The average Bonchev–Trinajstić information content (AvgIpc) is 2.97. The van der Waals surface area contributed by atoms with E-state index in [4.69, 9.17) is 4.74 Å². The highest BCUT2D eigenvalue weighted by Crippen LogP contribution is 2.22. The molecule has 2 unspecified atom stereocenters. The van der Waals surface area contributed by atoms with Crippen LogP contribution >= 0.6 is 0 Å². The lowest BCUT2D eigenvalue weighted by atomic mass is 10.0. The van der Waals surface area contributed by atoms with Crippen molar-refractivity contribution in [3.8, 4) is 0 Å². The van der Waals surface area contributed by atoms with Gasteiger partial charge in [0.25, 0.3) is 0 Å². The standard InChI is InChI=1S/C15H25N3O/c1-2-9-17-14(15-8-10-16-12-18-15)7-3-5-13-6-4-11-19-13/h8,10,12-14,17H,2-7,9,11H2,1H3. The van der Waals surface area contributed by atoms with Crippen LogP contribution in [0.15, 0.2) is 18.6 Å². The van der Waals surface area contributed by atoms with Gasteiger partial charge in [0.1, 0.15) is 6.33 Å². The second kappa shape index (κ2) is 8.23. The molecule has 1 aliphatic heterocycles. The Hall–Kier alpha value is -1.00. The third kappa shape index (κ3) is 4.88. The monoisotopic (exact) mass is 263 g/mol. The first-order chi connectivity index (χ1) is 9.40. The Balaban J connectivity index is 1.79. The van der Waals surface area contributed by atoms with Gasteiger partial charge in [-0.05, 0) is 51.1 Å². The van der Waals surface area contributed by atoms with Gasteiger partial charge in [0, 0.05) is 18.8 Å². The molecule has 0 saturated carbocycles. The van der Waals surface area contributed by atoms with Crippen LogP contribution in [0.2, 0.25) is 0 Å². The van der Waals surface area contributed by atoms with E-state index in [2.05, 4.69) is 22.2 Å². The first-order valence-electron chi connectivity index (χ1n) is 7.51. The lowest BCUT2D eigenvalue weighted by Crippen LogP contribution is -2.23. The van der Waals surface area contributed by atoms with Crippen molar-refractivity contribution in [1.29, 1.82) is 0 Å². The smallest absolute Gasteiger partial charge is 0.115 e. The van der Waals surface area contributed by atoms with E-state index < -0.39 is 0 Å². The van der Waals surface area contributed by atoms with Crippen LogP contribution in [-0.4, -0.2) is 29.2 Å². The maximum Gasteiger partial charge on any atom is 0.115 e. The summed E-state index contributed by atoms with van der Waals surface area (Å²) in [4.78, 5) is 8.37. The lowest BCUT2D eigenvalue weighted by molar-refractivity contribution is 0.101. The van der Waals surface area contributed by atoms with Gasteiger partial charge < -0.3 is 10.1 Å². The normalized spacial score (nSPS) is 20.6. The molecule has 2 heterocycles. The molecule has 1 aliphatic rings. The Labute approximate surface area is 116 Å². The molecule has 1 N–H and O–H groups in total. The highest BCUT2D eigenvalue weighted by molar-refractivity contribution is 5.04. The molecule has 0 aromatic carbocycles. The van der Waals surface area contributed by atoms with Gasteiger partial charge in [0.15, 0.2) is 0 Å². The summed E-state index contributed by atoms with van der Waals surface area (Å²) in [6.45, 7) is 4.18. The molecule has 4 nitrogen and oxygen atoms in total. The van der Waals surface area contributed by atoms with Crippen LogP contribution in [0.3, 0.4) is 0 Å². The minimum absolute atomic E-state index is 0.351. The Kier molecular flexibility index (Phi) is 6.24. The molecule has 19 heavy (non-hydrogen) atoms. The van der Waals surface area contributed by atoms with E-state index in [1.165, 1.54) is 25.7 Å². The van der Waals surface area contributed by atoms with Gasteiger partial charge in [0.05, 0.1) is 11.8 Å². The molecule has 0 bridgehead atoms. The first kappa shape index (κ1) is 14.4. The fraction of sp³-hybridized carbons (Fsp3) is 0.733. The topological polar surface area (TPSA) is 47.0 Å². The van der Waals surface area contributed by atoms with E-state index in [9.17, 15) is 0 Å². The van der Waals surface area contributed by atoms with Crippen molar-refractivity contribution in [2.45, 2.75) is 57.6 Å². The number of hydrogen-bond acceptors (Lipinski definition) is 4. The Morgan fingerprint density at radius 3 is 3.16 bits per heavy atom. The van der Waals surface area contributed by atoms with Crippen LogP contribution in [0, 0.1) is 0 Å². The molecule has 1 aromatic rings. The Morgan fingerprint density at radius 1 is 1.53 bits per heavy atom. The zero-order valence-electron chi connectivity index (χ0n) is 11.8. The number of hydrogen-bond donors (Lipinski definition) is 1. The van der Waals surface area contributed by atoms with Crippen LogP contribution in [0.1, 0.15) is 57.2 Å². The number of nitrogens with zero attached hydrogens (tertiary/aromatic N) is 2. The van der Waals surface area contributed by atoms with Crippen molar-refractivity contribution in [2.24, 2.45) is 0 Å². The largest absolute Gasteiger partial charge is 0.378 e. The van der Waals surface area contributed by atoms with Crippen molar-refractivity contribution in [3.63, 3.8) is 0 Å². The number of ether oxygens (including phenoxy) is 1. The van der Waals surface area contributed by atoms with Crippen LogP contribution < -0.4 is 5.32 Å². The minimum atomic E-state index is 0.351. The minimum Gasteiger partial charge on any atom is -0.378 e. The van der Waals surface area contributed by atoms with Gasteiger partial charge in [0.2, 0.25) is 0 Å². The molecular weight excluding hydrogens is 238 g/mol. The molecule has 2 atom stereocenters. The van der Waals surface area contributed by atoms with Gasteiger partial charge >= 0.3 is 0 Å². The summed E-state index contributed by atoms with van der Waals surface area (Å²) in [6.07, 6.45) is 11.1. The third-order valence-corrected chi connectivity index (χ3v) is 3.65. The van der Waals surface area contributed by atoms with Crippen LogP contribution in [-0.2, 0) is 4.74 Å². The molecular formula is C15H25N3O. The fourth-order valence-corrected chi connectivity index (χ4v) is 2.60. The highest BCUT2D eigenvalue weighted by Gasteiger charge is 2.17. The summed E-state index contributed by atoms with van der Waals surface area (Å²) >= 11 is 0. The maximum atomic E-state index is 5.68. The van der Waals surface area contributed by atoms with E-state index in [0.717, 1.165) is 31.7 Å². The molecule has 1 saturated heterocycles. The maximum absolute atomic E-state index is 5.68. The van der Waals surface area contributed by atoms with E-state index in [-0.39, 0.29) is 0 Å². The molecule has 0 spiro atoms. The molecule has 1 aromatic heterocycles. The predicted octanol–water partition coefficient (Wildman–Crippen LogP) is 2.87. The van der Waals surface area contributed by atoms with Gasteiger partial charge in [-0.1, -0.05) is 6.92 Å².